The number of rotatable bonds is 9. The van der Waals surface area contributed by atoms with Crippen molar-refractivity contribution in [3.8, 4) is 5.75 Å². The van der Waals surface area contributed by atoms with E-state index in [-0.39, 0.29) is 28.7 Å². The van der Waals surface area contributed by atoms with Crippen molar-refractivity contribution in [3.63, 3.8) is 0 Å². The molecule has 1 heterocycles. The second kappa shape index (κ2) is 11.8. The fraction of sp³-hybridized carbons (Fsp3) is 0.138. The van der Waals surface area contributed by atoms with Crippen LogP contribution in [0.4, 0.5) is 17.1 Å². The van der Waals surface area contributed by atoms with Gasteiger partial charge in [0.2, 0.25) is 0 Å². The molecule has 0 unspecified atom stereocenters. The van der Waals surface area contributed by atoms with Gasteiger partial charge in [0.1, 0.15) is 5.75 Å². The normalized spacial score (nSPS) is 13.0. The minimum atomic E-state index is -3.87. The van der Waals surface area contributed by atoms with Crippen LogP contribution in [0.15, 0.2) is 94.7 Å². The molecule has 0 atom stereocenters. The average molecular weight is 647 g/mol. The van der Waals surface area contributed by atoms with Gasteiger partial charge in [0, 0.05) is 22.3 Å². The van der Waals surface area contributed by atoms with Gasteiger partial charge in [-0.1, -0.05) is 35.3 Å². The van der Waals surface area contributed by atoms with Crippen LogP contribution in [0.3, 0.4) is 0 Å². The molecular formula is C29H25Cl2N3O6S2. The Labute approximate surface area is 254 Å². The summed E-state index contributed by atoms with van der Waals surface area (Å²) < 4.78 is 61.3. The van der Waals surface area contributed by atoms with Gasteiger partial charge in [-0.15, -0.1) is 0 Å². The number of sulfonamides is 2. The number of nitrogens with zero attached hydrogens (tertiary/aromatic N) is 1. The zero-order chi connectivity index (χ0) is 30.1. The molecule has 13 heteroatoms. The van der Waals surface area contributed by atoms with Gasteiger partial charge in [-0.05, 0) is 97.3 Å². The first-order valence-electron chi connectivity index (χ1n) is 12.7. The molecular weight excluding hydrogens is 621 g/mol. The van der Waals surface area contributed by atoms with E-state index in [0.717, 1.165) is 11.1 Å². The van der Waals surface area contributed by atoms with Gasteiger partial charge in [0.25, 0.3) is 26.0 Å². The maximum atomic E-state index is 13.2. The summed E-state index contributed by atoms with van der Waals surface area (Å²) in [5.41, 5.74) is 2.90. The molecule has 2 N–H and O–H groups in total. The Morgan fingerprint density at radius 1 is 0.857 bits per heavy atom. The van der Waals surface area contributed by atoms with Crippen molar-refractivity contribution in [2.24, 2.45) is 0 Å². The Kier molecular flexibility index (Phi) is 8.38. The number of anilines is 3. The summed E-state index contributed by atoms with van der Waals surface area (Å²) in [4.78, 5) is 12.7. The van der Waals surface area contributed by atoms with Crippen LogP contribution < -0.4 is 19.1 Å². The third kappa shape index (κ3) is 6.49. The van der Waals surface area contributed by atoms with E-state index in [0.29, 0.717) is 33.5 Å². The van der Waals surface area contributed by atoms with Crippen LogP contribution in [0.5, 0.6) is 5.75 Å². The van der Waals surface area contributed by atoms with Crippen LogP contribution in [0, 0.1) is 6.92 Å². The van der Waals surface area contributed by atoms with E-state index >= 15 is 0 Å². The van der Waals surface area contributed by atoms with Crippen molar-refractivity contribution in [1.82, 2.24) is 0 Å². The average Bonchev–Trinajstić information content (AvgIpc) is 3.38. The molecule has 1 aliphatic heterocycles. The number of fused-ring (bicyclic) bond motifs is 1. The lowest BCUT2D eigenvalue weighted by Gasteiger charge is -2.20. The first-order valence-corrected chi connectivity index (χ1v) is 16.3. The van der Waals surface area contributed by atoms with E-state index in [4.69, 9.17) is 27.9 Å². The number of aryl methyl sites for hydroxylation is 1. The maximum absolute atomic E-state index is 13.2. The Bertz CT molecular complexity index is 1860. The van der Waals surface area contributed by atoms with Crippen LogP contribution in [-0.2, 0) is 31.3 Å². The first kappa shape index (κ1) is 29.7. The van der Waals surface area contributed by atoms with E-state index in [9.17, 15) is 21.6 Å². The summed E-state index contributed by atoms with van der Waals surface area (Å²) >= 11 is 12.0. The van der Waals surface area contributed by atoms with Crippen molar-refractivity contribution in [1.29, 1.82) is 0 Å². The molecule has 0 radical (unpaired) electrons. The lowest BCUT2D eigenvalue weighted by Crippen LogP contribution is -2.29. The van der Waals surface area contributed by atoms with Gasteiger partial charge < -0.3 is 10.1 Å². The molecule has 0 fully saturated rings. The van der Waals surface area contributed by atoms with Gasteiger partial charge >= 0.3 is 0 Å². The zero-order valence-corrected chi connectivity index (χ0v) is 25.3. The Morgan fingerprint density at radius 2 is 1.52 bits per heavy atom. The lowest BCUT2D eigenvalue weighted by molar-refractivity contribution is -0.118. The molecule has 5 rings (SSSR count). The van der Waals surface area contributed by atoms with E-state index in [2.05, 4.69) is 10.0 Å². The topological polar surface area (TPSA) is 122 Å². The van der Waals surface area contributed by atoms with Gasteiger partial charge in [0.15, 0.2) is 6.61 Å². The van der Waals surface area contributed by atoms with E-state index in [1.54, 1.807) is 30.3 Å². The minimum Gasteiger partial charge on any atom is -0.484 e. The van der Waals surface area contributed by atoms with E-state index in [1.807, 2.05) is 6.92 Å². The lowest BCUT2D eigenvalue weighted by atomic mass is 10.1. The van der Waals surface area contributed by atoms with Crippen LogP contribution in [0.25, 0.3) is 0 Å². The first-order chi connectivity index (χ1) is 19.9. The summed E-state index contributed by atoms with van der Waals surface area (Å²) in [6, 6.07) is 21.5. The number of benzene rings is 4. The van der Waals surface area contributed by atoms with Gasteiger partial charge in [-0.25, -0.2) is 16.8 Å². The molecule has 218 valence electrons. The van der Waals surface area contributed by atoms with Gasteiger partial charge in [-0.2, -0.15) is 0 Å². The fourth-order valence-electron chi connectivity index (χ4n) is 4.34. The zero-order valence-electron chi connectivity index (χ0n) is 22.2. The Balaban J connectivity index is 1.20. The molecule has 0 bridgehead atoms. The minimum absolute atomic E-state index is 0.00671. The van der Waals surface area contributed by atoms with Crippen molar-refractivity contribution in [3.05, 3.63) is 106 Å². The molecule has 0 spiro atoms. The number of carbonyl (C=O) groups is 1. The summed E-state index contributed by atoms with van der Waals surface area (Å²) in [5.74, 6) is -0.189. The molecule has 1 amide bonds. The molecule has 4 aromatic carbocycles. The number of hydrogen-bond acceptors (Lipinski definition) is 6. The quantitative estimate of drug-likeness (QED) is 0.235. The SMILES string of the molecule is Cc1ccc(NS(=O)(=O)c2ccc(OCC(=O)Nc3ccc4c(c3)N(S(=O)(=O)c3ccc(Cl)cc3)CC4)cc2)cc1Cl. The number of ether oxygens (including phenoxy) is 1. The third-order valence-corrected chi connectivity index (χ3v) is 10.4. The monoisotopic (exact) mass is 645 g/mol. The van der Waals surface area contributed by atoms with Crippen LogP contribution in [0.2, 0.25) is 10.0 Å². The highest BCUT2D eigenvalue weighted by molar-refractivity contribution is 7.93. The third-order valence-electron chi connectivity index (χ3n) is 6.55. The van der Waals surface area contributed by atoms with Crippen LogP contribution in [0.1, 0.15) is 11.1 Å². The molecule has 9 nitrogen and oxygen atoms in total. The predicted octanol–water partition coefficient (Wildman–Crippen LogP) is 5.87. The fourth-order valence-corrected chi connectivity index (χ4v) is 7.19. The van der Waals surface area contributed by atoms with Gasteiger partial charge in [0.05, 0.1) is 21.2 Å². The van der Waals surface area contributed by atoms with E-state index < -0.39 is 26.0 Å². The van der Waals surface area contributed by atoms with Crippen LogP contribution in [-0.4, -0.2) is 35.9 Å². The number of amides is 1. The van der Waals surface area contributed by atoms with E-state index in [1.165, 1.54) is 58.9 Å². The molecule has 42 heavy (non-hydrogen) atoms. The molecule has 0 saturated carbocycles. The molecule has 0 saturated heterocycles. The maximum Gasteiger partial charge on any atom is 0.264 e. The second-order valence-corrected chi connectivity index (χ2v) is 13.9. The second-order valence-electron chi connectivity index (χ2n) is 9.50. The highest BCUT2D eigenvalue weighted by Gasteiger charge is 2.31. The molecule has 4 aromatic rings. The number of nitrogens with one attached hydrogen (secondary N) is 2. The highest BCUT2D eigenvalue weighted by atomic mass is 35.5. The number of halogens is 2. The van der Waals surface area contributed by atoms with Crippen molar-refractivity contribution in [2.75, 3.05) is 27.5 Å². The standard InChI is InChI=1S/C29H25Cl2N3O6S2/c1-19-2-6-23(16-27(19)31)33-41(36,37)25-12-8-24(9-13-25)40-18-29(35)32-22-7-3-20-14-15-34(28(20)17-22)42(38,39)26-10-4-21(30)5-11-26/h2-13,16-17,33H,14-15,18H2,1H3,(H,32,35). The molecule has 1 aliphatic rings. The van der Waals surface area contributed by atoms with Crippen LogP contribution >= 0.6 is 23.2 Å². The molecule has 0 aromatic heterocycles. The smallest absolute Gasteiger partial charge is 0.264 e. The highest BCUT2D eigenvalue weighted by Crippen LogP contribution is 2.35. The summed E-state index contributed by atoms with van der Waals surface area (Å²) in [6.07, 6.45) is 0.541. The Morgan fingerprint density at radius 3 is 2.21 bits per heavy atom. The largest absolute Gasteiger partial charge is 0.484 e. The summed E-state index contributed by atoms with van der Waals surface area (Å²) in [6.45, 7) is 1.74. The van der Waals surface area contributed by atoms with Crippen molar-refractivity contribution in [2.45, 2.75) is 23.1 Å². The van der Waals surface area contributed by atoms with Gasteiger partial charge in [-0.3, -0.25) is 13.8 Å². The summed E-state index contributed by atoms with van der Waals surface area (Å²) in [5, 5.41) is 3.59. The predicted molar refractivity (Wildman–Crippen MR) is 164 cm³/mol. The molecule has 0 aliphatic carbocycles. The summed E-state index contributed by atoms with van der Waals surface area (Å²) in [7, 11) is -7.68. The van der Waals surface area contributed by atoms with Crippen molar-refractivity contribution < 1.29 is 26.4 Å². The number of hydrogen-bond donors (Lipinski definition) is 2. The Hall–Kier alpha value is -3.77. The number of carbonyl (C=O) groups excluding carboxylic acids is 1. The van der Waals surface area contributed by atoms with Crippen molar-refractivity contribution >= 4 is 66.2 Å².